The minimum absolute atomic E-state index is 0.00637. The van der Waals surface area contributed by atoms with Gasteiger partial charge in [0.2, 0.25) is 5.95 Å². The summed E-state index contributed by atoms with van der Waals surface area (Å²) in [5.41, 5.74) is 8.00. The average Bonchev–Trinajstić information content (AvgIpc) is 2.41. The Morgan fingerprint density at radius 2 is 2.33 bits per heavy atom. The van der Waals surface area contributed by atoms with Gasteiger partial charge in [0.05, 0.1) is 17.5 Å². The number of aliphatic carboxylic acids is 1. The molecule has 5 nitrogen and oxygen atoms in total. The van der Waals surface area contributed by atoms with Gasteiger partial charge in [-0.3, -0.25) is 4.79 Å². The highest BCUT2D eigenvalue weighted by Crippen LogP contribution is 2.17. The standard InChI is InChI=1S/C10H11N3O2/c1-13-8-3-2-6(5-9(14)15)4-7(8)12-10(13)11/h2-4H,5H2,1H3,(H2,11,12)(H,14,15). The van der Waals surface area contributed by atoms with Gasteiger partial charge in [-0.2, -0.15) is 0 Å². The SMILES string of the molecule is Cn1c(N)nc2cc(CC(=O)O)ccc21. The molecule has 15 heavy (non-hydrogen) atoms. The van der Waals surface area contributed by atoms with Gasteiger partial charge in [-0.25, -0.2) is 4.98 Å². The molecule has 0 unspecified atom stereocenters. The predicted octanol–water partition coefficient (Wildman–Crippen LogP) is 0.783. The number of benzene rings is 1. The number of carboxylic acid groups (broad SMARTS) is 1. The van der Waals surface area contributed by atoms with E-state index < -0.39 is 5.97 Å². The van der Waals surface area contributed by atoms with E-state index in [-0.39, 0.29) is 6.42 Å². The van der Waals surface area contributed by atoms with Crippen molar-refractivity contribution < 1.29 is 9.90 Å². The summed E-state index contributed by atoms with van der Waals surface area (Å²) in [4.78, 5) is 14.7. The molecule has 78 valence electrons. The van der Waals surface area contributed by atoms with Crippen LogP contribution in [0.4, 0.5) is 5.95 Å². The maximum absolute atomic E-state index is 10.5. The Morgan fingerprint density at radius 3 is 3.00 bits per heavy atom. The number of carboxylic acids is 1. The predicted molar refractivity (Wildman–Crippen MR) is 56.5 cm³/mol. The molecule has 2 rings (SSSR count). The third-order valence-electron chi connectivity index (χ3n) is 2.34. The molecule has 1 aromatic carbocycles. The number of rotatable bonds is 2. The van der Waals surface area contributed by atoms with Crippen molar-refractivity contribution in [2.45, 2.75) is 6.42 Å². The lowest BCUT2D eigenvalue weighted by atomic mass is 10.1. The Hall–Kier alpha value is -2.04. The summed E-state index contributed by atoms with van der Waals surface area (Å²) in [6.45, 7) is 0. The van der Waals surface area contributed by atoms with E-state index >= 15 is 0 Å². The van der Waals surface area contributed by atoms with Gasteiger partial charge in [-0.1, -0.05) is 6.07 Å². The van der Waals surface area contributed by atoms with Crippen LogP contribution in [0.5, 0.6) is 0 Å². The third kappa shape index (κ3) is 1.63. The highest BCUT2D eigenvalue weighted by Gasteiger charge is 2.06. The van der Waals surface area contributed by atoms with Crippen LogP contribution in [0.25, 0.3) is 11.0 Å². The number of nitrogens with two attached hydrogens (primary N) is 1. The highest BCUT2D eigenvalue weighted by atomic mass is 16.4. The number of hydrogen-bond acceptors (Lipinski definition) is 3. The van der Waals surface area contributed by atoms with Crippen molar-refractivity contribution in [3.63, 3.8) is 0 Å². The maximum atomic E-state index is 10.5. The number of hydrogen-bond donors (Lipinski definition) is 2. The lowest BCUT2D eigenvalue weighted by Crippen LogP contribution is -1.99. The number of carbonyl (C=O) groups is 1. The van der Waals surface area contributed by atoms with E-state index in [1.165, 1.54) is 0 Å². The summed E-state index contributed by atoms with van der Waals surface area (Å²) in [5.74, 6) is -0.421. The van der Waals surface area contributed by atoms with E-state index in [4.69, 9.17) is 10.8 Å². The molecular formula is C10H11N3O2. The van der Waals surface area contributed by atoms with Crippen LogP contribution in [-0.2, 0) is 18.3 Å². The number of imidazole rings is 1. The van der Waals surface area contributed by atoms with E-state index in [0.29, 0.717) is 5.95 Å². The second-order valence-corrected chi connectivity index (χ2v) is 3.42. The first-order chi connectivity index (χ1) is 7.08. The van der Waals surface area contributed by atoms with Gasteiger partial charge in [0.1, 0.15) is 0 Å². The molecule has 0 bridgehead atoms. The van der Waals surface area contributed by atoms with Crippen LogP contribution in [0.2, 0.25) is 0 Å². The molecule has 0 aliphatic heterocycles. The highest BCUT2D eigenvalue weighted by molar-refractivity contribution is 5.80. The minimum atomic E-state index is -0.849. The molecular weight excluding hydrogens is 194 g/mol. The zero-order valence-electron chi connectivity index (χ0n) is 8.27. The minimum Gasteiger partial charge on any atom is -0.481 e. The summed E-state index contributed by atoms with van der Waals surface area (Å²) in [7, 11) is 1.82. The molecule has 0 aliphatic rings. The first kappa shape index (κ1) is 9.51. The van der Waals surface area contributed by atoms with Crippen LogP contribution in [0.1, 0.15) is 5.56 Å². The fourth-order valence-corrected chi connectivity index (χ4v) is 1.55. The van der Waals surface area contributed by atoms with Gasteiger partial charge in [0, 0.05) is 7.05 Å². The topological polar surface area (TPSA) is 81.1 Å². The molecule has 3 N–H and O–H groups in total. The van der Waals surface area contributed by atoms with Crippen LogP contribution in [0.3, 0.4) is 0 Å². The van der Waals surface area contributed by atoms with Crippen LogP contribution in [-0.4, -0.2) is 20.6 Å². The van der Waals surface area contributed by atoms with Gasteiger partial charge in [-0.15, -0.1) is 0 Å². The molecule has 1 heterocycles. The van der Waals surface area contributed by atoms with Gasteiger partial charge in [0.25, 0.3) is 0 Å². The molecule has 0 amide bonds. The Balaban J connectivity index is 2.52. The lowest BCUT2D eigenvalue weighted by Gasteiger charge is -1.98. The molecule has 0 fully saturated rings. The van der Waals surface area contributed by atoms with Crippen molar-refractivity contribution in [3.8, 4) is 0 Å². The van der Waals surface area contributed by atoms with Crippen molar-refractivity contribution in [2.75, 3.05) is 5.73 Å². The molecule has 0 saturated heterocycles. The Kier molecular flexibility index (Phi) is 2.07. The number of aryl methyl sites for hydroxylation is 1. The van der Waals surface area contributed by atoms with E-state index in [2.05, 4.69) is 4.98 Å². The van der Waals surface area contributed by atoms with Crippen molar-refractivity contribution in [2.24, 2.45) is 7.05 Å². The second-order valence-electron chi connectivity index (χ2n) is 3.42. The molecule has 2 aromatic rings. The Morgan fingerprint density at radius 1 is 1.60 bits per heavy atom. The first-order valence-corrected chi connectivity index (χ1v) is 4.50. The van der Waals surface area contributed by atoms with Crippen LogP contribution < -0.4 is 5.73 Å². The molecule has 0 aliphatic carbocycles. The average molecular weight is 205 g/mol. The molecule has 1 aromatic heterocycles. The maximum Gasteiger partial charge on any atom is 0.307 e. The van der Waals surface area contributed by atoms with E-state index in [0.717, 1.165) is 16.6 Å². The summed E-state index contributed by atoms with van der Waals surface area (Å²) < 4.78 is 1.76. The molecule has 0 saturated carbocycles. The monoisotopic (exact) mass is 205 g/mol. The quantitative estimate of drug-likeness (QED) is 0.759. The summed E-state index contributed by atoms with van der Waals surface area (Å²) in [5, 5.41) is 8.65. The fourth-order valence-electron chi connectivity index (χ4n) is 1.55. The van der Waals surface area contributed by atoms with E-state index in [1.54, 1.807) is 16.7 Å². The Bertz CT molecular complexity index is 531. The number of nitrogens with zero attached hydrogens (tertiary/aromatic N) is 2. The van der Waals surface area contributed by atoms with Crippen molar-refractivity contribution in [3.05, 3.63) is 23.8 Å². The normalized spacial score (nSPS) is 10.7. The number of nitrogen functional groups attached to an aromatic ring is 1. The van der Waals surface area contributed by atoms with Gasteiger partial charge >= 0.3 is 5.97 Å². The number of fused-ring (bicyclic) bond motifs is 1. The van der Waals surface area contributed by atoms with E-state index in [9.17, 15) is 4.79 Å². The summed E-state index contributed by atoms with van der Waals surface area (Å²) in [6.07, 6.45) is 0.00637. The van der Waals surface area contributed by atoms with Crippen molar-refractivity contribution in [1.29, 1.82) is 0 Å². The van der Waals surface area contributed by atoms with Crippen molar-refractivity contribution in [1.82, 2.24) is 9.55 Å². The fraction of sp³-hybridized carbons (Fsp3) is 0.200. The Labute approximate surface area is 86.1 Å². The zero-order chi connectivity index (χ0) is 11.0. The zero-order valence-corrected chi connectivity index (χ0v) is 8.27. The molecule has 5 heteroatoms. The molecule has 0 radical (unpaired) electrons. The number of anilines is 1. The van der Waals surface area contributed by atoms with Crippen LogP contribution in [0, 0.1) is 0 Å². The molecule has 0 spiro atoms. The first-order valence-electron chi connectivity index (χ1n) is 4.50. The van der Waals surface area contributed by atoms with Crippen molar-refractivity contribution >= 4 is 23.0 Å². The number of aromatic nitrogens is 2. The van der Waals surface area contributed by atoms with Gasteiger partial charge in [0.15, 0.2) is 0 Å². The van der Waals surface area contributed by atoms with Gasteiger partial charge < -0.3 is 15.4 Å². The van der Waals surface area contributed by atoms with Crippen LogP contribution in [0.15, 0.2) is 18.2 Å². The van der Waals surface area contributed by atoms with Gasteiger partial charge in [-0.05, 0) is 17.7 Å². The summed E-state index contributed by atoms with van der Waals surface area (Å²) >= 11 is 0. The largest absolute Gasteiger partial charge is 0.481 e. The second kappa shape index (κ2) is 3.27. The lowest BCUT2D eigenvalue weighted by molar-refractivity contribution is -0.136. The van der Waals surface area contributed by atoms with Crippen LogP contribution >= 0.6 is 0 Å². The summed E-state index contributed by atoms with van der Waals surface area (Å²) in [6, 6.07) is 5.36. The smallest absolute Gasteiger partial charge is 0.307 e. The van der Waals surface area contributed by atoms with E-state index in [1.807, 2.05) is 13.1 Å². The molecule has 0 atom stereocenters. The third-order valence-corrected chi connectivity index (χ3v) is 2.34.